The lowest BCUT2D eigenvalue weighted by Crippen LogP contribution is -2.28. The third-order valence-corrected chi connectivity index (χ3v) is 4.66. The Morgan fingerprint density at radius 2 is 1.86 bits per heavy atom. The van der Waals surface area contributed by atoms with Crippen LogP contribution in [0.2, 0.25) is 0 Å². The lowest BCUT2D eigenvalue weighted by Gasteiger charge is -2.07. The maximum absolute atomic E-state index is 11.6. The Hall–Kier alpha value is -1.04. The Bertz CT molecular complexity index is 361. The van der Waals surface area contributed by atoms with Crippen molar-refractivity contribution in [3.8, 4) is 0 Å². The topological polar surface area (TPSA) is 75.3 Å². The summed E-state index contributed by atoms with van der Waals surface area (Å²) in [5, 5.41) is 4.70. The standard InChI is InChI=1S/C15H26N2O3S/c1-2-3-4-5-6-7-8-9-16-14(19)11-21-12-10-13(18)17-15(12)20/h12H,2-11H2,1H3,(H,16,19)(H,17,18,20). The summed E-state index contributed by atoms with van der Waals surface area (Å²) in [6.07, 6.45) is 8.73. The molecule has 1 fully saturated rings. The normalized spacial score (nSPS) is 17.9. The zero-order valence-electron chi connectivity index (χ0n) is 12.8. The molecule has 1 saturated heterocycles. The fraction of sp³-hybridized carbons (Fsp3) is 0.800. The predicted octanol–water partition coefficient (Wildman–Crippen LogP) is 2.00. The van der Waals surface area contributed by atoms with Crippen LogP contribution in [0.1, 0.15) is 58.3 Å². The minimum atomic E-state index is -0.401. The van der Waals surface area contributed by atoms with Crippen molar-refractivity contribution in [3.63, 3.8) is 0 Å². The first-order valence-electron chi connectivity index (χ1n) is 7.85. The van der Waals surface area contributed by atoms with Crippen molar-refractivity contribution in [3.05, 3.63) is 0 Å². The molecule has 3 amide bonds. The zero-order valence-corrected chi connectivity index (χ0v) is 13.6. The monoisotopic (exact) mass is 314 g/mol. The van der Waals surface area contributed by atoms with E-state index in [1.165, 1.54) is 43.9 Å². The summed E-state index contributed by atoms with van der Waals surface area (Å²) in [7, 11) is 0. The molecule has 1 unspecified atom stereocenters. The van der Waals surface area contributed by atoms with Crippen molar-refractivity contribution in [2.45, 2.75) is 63.5 Å². The number of hydrogen-bond acceptors (Lipinski definition) is 4. The average Bonchev–Trinajstić information content (AvgIpc) is 2.77. The number of nitrogens with one attached hydrogen (secondary N) is 2. The summed E-state index contributed by atoms with van der Waals surface area (Å²) >= 11 is 1.24. The predicted molar refractivity (Wildman–Crippen MR) is 85.0 cm³/mol. The maximum atomic E-state index is 11.6. The molecular formula is C15H26N2O3S. The Morgan fingerprint density at radius 3 is 2.48 bits per heavy atom. The molecule has 1 aliphatic rings. The van der Waals surface area contributed by atoms with Gasteiger partial charge in [0, 0.05) is 13.0 Å². The molecule has 0 bridgehead atoms. The molecule has 120 valence electrons. The number of unbranched alkanes of at least 4 members (excludes halogenated alkanes) is 6. The van der Waals surface area contributed by atoms with Crippen LogP contribution in [0.25, 0.3) is 0 Å². The number of hydrogen-bond donors (Lipinski definition) is 2. The first-order valence-corrected chi connectivity index (χ1v) is 8.90. The van der Waals surface area contributed by atoms with Gasteiger partial charge in [-0.25, -0.2) is 0 Å². The van der Waals surface area contributed by atoms with Crippen molar-refractivity contribution in [2.24, 2.45) is 0 Å². The van der Waals surface area contributed by atoms with Crippen LogP contribution >= 0.6 is 11.8 Å². The van der Waals surface area contributed by atoms with Crippen LogP contribution in [0, 0.1) is 0 Å². The van der Waals surface area contributed by atoms with Gasteiger partial charge < -0.3 is 5.32 Å². The van der Waals surface area contributed by atoms with E-state index >= 15 is 0 Å². The fourth-order valence-electron chi connectivity index (χ4n) is 2.20. The minimum absolute atomic E-state index is 0.0573. The van der Waals surface area contributed by atoms with Gasteiger partial charge in [-0.15, -0.1) is 11.8 Å². The molecule has 2 N–H and O–H groups in total. The van der Waals surface area contributed by atoms with E-state index in [1.54, 1.807) is 0 Å². The molecule has 1 rings (SSSR count). The molecule has 1 heterocycles. The Morgan fingerprint density at radius 1 is 1.19 bits per heavy atom. The molecule has 0 spiro atoms. The van der Waals surface area contributed by atoms with E-state index in [0.29, 0.717) is 6.54 Å². The van der Waals surface area contributed by atoms with Crippen LogP contribution in [-0.4, -0.2) is 35.3 Å². The van der Waals surface area contributed by atoms with Crippen molar-refractivity contribution in [1.82, 2.24) is 10.6 Å². The van der Waals surface area contributed by atoms with Crippen molar-refractivity contribution in [1.29, 1.82) is 0 Å². The van der Waals surface area contributed by atoms with Crippen LogP contribution in [0.4, 0.5) is 0 Å². The lowest BCUT2D eigenvalue weighted by molar-refractivity contribution is -0.124. The number of carbonyl (C=O) groups excluding carboxylic acids is 3. The van der Waals surface area contributed by atoms with Crippen LogP contribution < -0.4 is 10.6 Å². The largest absolute Gasteiger partial charge is 0.355 e. The average molecular weight is 314 g/mol. The molecule has 5 nitrogen and oxygen atoms in total. The van der Waals surface area contributed by atoms with Gasteiger partial charge in [-0.2, -0.15) is 0 Å². The second-order valence-corrected chi connectivity index (χ2v) is 6.58. The van der Waals surface area contributed by atoms with Gasteiger partial charge in [0.1, 0.15) is 0 Å². The SMILES string of the molecule is CCCCCCCCCNC(=O)CSC1CC(=O)NC1=O. The van der Waals surface area contributed by atoms with Crippen molar-refractivity contribution in [2.75, 3.05) is 12.3 Å². The second-order valence-electron chi connectivity index (χ2n) is 5.39. The summed E-state index contributed by atoms with van der Waals surface area (Å²) in [6, 6.07) is 0. The Labute approximate surface area is 131 Å². The zero-order chi connectivity index (χ0) is 15.5. The van der Waals surface area contributed by atoms with E-state index in [9.17, 15) is 14.4 Å². The first-order chi connectivity index (χ1) is 10.1. The molecule has 0 aromatic rings. The Kier molecular flexibility index (Phi) is 9.14. The molecule has 6 heteroatoms. The highest BCUT2D eigenvalue weighted by atomic mass is 32.2. The molecule has 0 aromatic heterocycles. The maximum Gasteiger partial charge on any atom is 0.240 e. The Balaban J connectivity index is 1.94. The molecule has 21 heavy (non-hydrogen) atoms. The van der Waals surface area contributed by atoms with Crippen LogP contribution in [0.5, 0.6) is 0 Å². The summed E-state index contributed by atoms with van der Waals surface area (Å²) < 4.78 is 0. The number of imide groups is 1. The second kappa shape index (κ2) is 10.7. The summed E-state index contributed by atoms with van der Waals surface area (Å²) in [4.78, 5) is 33.9. The van der Waals surface area contributed by atoms with Crippen molar-refractivity contribution >= 4 is 29.5 Å². The summed E-state index contributed by atoms with van der Waals surface area (Å²) in [6.45, 7) is 2.90. The molecule has 0 aromatic carbocycles. The third-order valence-electron chi connectivity index (χ3n) is 3.44. The summed E-state index contributed by atoms with van der Waals surface area (Å²) in [5.41, 5.74) is 0. The third kappa shape index (κ3) is 8.09. The highest BCUT2D eigenvalue weighted by Crippen LogP contribution is 2.18. The molecule has 1 atom stereocenters. The fourth-order valence-corrected chi connectivity index (χ4v) is 3.14. The minimum Gasteiger partial charge on any atom is -0.355 e. The molecule has 0 saturated carbocycles. The van der Waals surface area contributed by atoms with Crippen LogP contribution in [0.3, 0.4) is 0 Å². The lowest BCUT2D eigenvalue weighted by atomic mass is 10.1. The van der Waals surface area contributed by atoms with Gasteiger partial charge in [0.2, 0.25) is 17.7 Å². The highest BCUT2D eigenvalue weighted by Gasteiger charge is 2.31. The molecule has 1 aliphatic heterocycles. The van der Waals surface area contributed by atoms with E-state index in [2.05, 4.69) is 17.6 Å². The number of carbonyl (C=O) groups is 3. The highest BCUT2D eigenvalue weighted by molar-refractivity contribution is 8.01. The molecule has 0 aliphatic carbocycles. The smallest absolute Gasteiger partial charge is 0.240 e. The van der Waals surface area contributed by atoms with E-state index in [1.807, 2.05) is 0 Å². The quantitative estimate of drug-likeness (QED) is 0.452. The van der Waals surface area contributed by atoms with Crippen molar-refractivity contribution < 1.29 is 14.4 Å². The van der Waals surface area contributed by atoms with Gasteiger partial charge in [-0.3, -0.25) is 19.7 Å². The molecule has 0 radical (unpaired) electrons. The van der Waals surface area contributed by atoms with Gasteiger partial charge in [-0.1, -0.05) is 45.4 Å². The van der Waals surface area contributed by atoms with E-state index < -0.39 is 5.25 Å². The first kappa shape index (κ1) is 18.0. The summed E-state index contributed by atoms with van der Waals surface area (Å²) in [5.74, 6) is -0.342. The van der Waals surface area contributed by atoms with Gasteiger partial charge in [0.25, 0.3) is 0 Å². The van der Waals surface area contributed by atoms with Gasteiger partial charge in [0.15, 0.2) is 0 Å². The molecular weight excluding hydrogens is 288 g/mol. The van der Waals surface area contributed by atoms with E-state index in [4.69, 9.17) is 0 Å². The van der Waals surface area contributed by atoms with Gasteiger partial charge >= 0.3 is 0 Å². The number of amides is 3. The van der Waals surface area contributed by atoms with Crippen LogP contribution in [0.15, 0.2) is 0 Å². The van der Waals surface area contributed by atoms with E-state index in [0.717, 1.165) is 12.8 Å². The van der Waals surface area contributed by atoms with Gasteiger partial charge in [-0.05, 0) is 6.42 Å². The number of thioether (sulfide) groups is 1. The van der Waals surface area contributed by atoms with Crippen LogP contribution in [-0.2, 0) is 14.4 Å². The van der Waals surface area contributed by atoms with E-state index in [-0.39, 0.29) is 29.9 Å². The number of rotatable bonds is 11. The van der Waals surface area contributed by atoms with Gasteiger partial charge in [0.05, 0.1) is 11.0 Å².